The molecule has 0 heterocycles. The molecule has 0 aliphatic rings. The molecule has 0 radical (unpaired) electrons. The molecule has 0 spiro atoms. The minimum Gasteiger partial charge on any atom is -0.289 e. The predicted octanol–water partition coefficient (Wildman–Crippen LogP) is 5.69. The van der Waals surface area contributed by atoms with Gasteiger partial charge in [-0.25, -0.2) is 0 Å². The van der Waals surface area contributed by atoms with Gasteiger partial charge in [0.25, 0.3) is 0 Å². The second-order valence-corrected chi connectivity index (χ2v) is 7.27. The maximum absolute atomic E-state index is 13.6. The molecule has 0 saturated carbocycles. The van der Waals surface area contributed by atoms with Crippen LogP contribution in [0.4, 0.5) is 0 Å². The maximum Gasteiger partial charge on any atom is 0.194 e. The first-order chi connectivity index (χ1) is 15.1. The summed E-state index contributed by atoms with van der Waals surface area (Å²) in [5.74, 6) is -0.912. The Hall–Kier alpha value is -4.11. The van der Waals surface area contributed by atoms with Gasteiger partial charge in [-0.15, -0.1) is 0 Å². The summed E-state index contributed by atoms with van der Waals surface area (Å²) >= 11 is 0. The Morgan fingerprint density at radius 3 is 1.29 bits per heavy atom. The fourth-order valence-electron chi connectivity index (χ4n) is 3.64. The monoisotopic (exact) mass is 404 g/mol. The number of aryl methyl sites for hydroxylation is 1. The van der Waals surface area contributed by atoms with E-state index in [1.54, 1.807) is 91.9 Å². The number of benzene rings is 4. The summed E-state index contributed by atoms with van der Waals surface area (Å²) in [4.78, 5) is 40.4. The molecule has 0 unspecified atom stereocenters. The average molecular weight is 404 g/mol. The Labute approximate surface area is 181 Å². The Morgan fingerprint density at radius 1 is 0.452 bits per heavy atom. The van der Waals surface area contributed by atoms with E-state index in [4.69, 9.17) is 0 Å². The van der Waals surface area contributed by atoms with Crippen molar-refractivity contribution in [1.82, 2.24) is 0 Å². The molecule has 0 atom stereocenters. The molecule has 0 fully saturated rings. The van der Waals surface area contributed by atoms with E-state index in [1.807, 2.05) is 18.2 Å². The van der Waals surface area contributed by atoms with Crippen molar-refractivity contribution in [3.63, 3.8) is 0 Å². The van der Waals surface area contributed by atoms with Crippen molar-refractivity contribution in [3.05, 3.63) is 142 Å². The zero-order chi connectivity index (χ0) is 21.8. The van der Waals surface area contributed by atoms with E-state index in [1.165, 1.54) is 0 Å². The third kappa shape index (κ3) is 3.99. The fraction of sp³-hybridized carbons (Fsp3) is 0.0357. The van der Waals surface area contributed by atoms with Gasteiger partial charge in [-0.2, -0.15) is 0 Å². The smallest absolute Gasteiger partial charge is 0.194 e. The molecule has 0 aliphatic carbocycles. The fourth-order valence-corrected chi connectivity index (χ4v) is 3.64. The highest BCUT2D eigenvalue weighted by Crippen LogP contribution is 2.27. The molecule has 4 aromatic rings. The lowest BCUT2D eigenvalue weighted by Crippen LogP contribution is -2.18. The minimum absolute atomic E-state index is 0.147. The SMILES string of the molecule is Cc1ccc(C(=O)c2ccccc2)c(C(=O)c2ccccc2)c1C(=O)c1ccccc1. The molecule has 0 aliphatic heterocycles. The Bertz CT molecular complexity index is 1260. The molecule has 0 aromatic heterocycles. The lowest BCUT2D eigenvalue weighted by Gasteiger charge is -2.16. The van der Waals surface area contributed by atoms with Crippen LogP contribution in [0.25, 0.3) is 0 Å². The van der Waals surface area contributed by atoms with E-state index in [2.05, 4.69) is 0 Å². The normalized spacial score (nSPS) is 10.5. The van der Waals surface area contributed by atoms with Gasteiger partial charge >= 0.3 is 0 Å². The van der Waals surface area contributed by atoms with Gasteiger partial charge in [0, 0.05) is 33.4 Å². The van der Waals surface area contributed by atoms with Gasteiger partial charge in [0.15, 0.2) is 17.3 Å². The third-order valence-corrected chi connectivity index (χ3v) is 5.22. The first-order valence-corrected chi connectivity index (χ1v) is 10.0. The summed E-state index contributed by atoms with van der Waals surface area (Å²) in [6.45, 7) is 1.79. The second kappa shape index (κ2) is 8.72. The van der Waals surface area contributed by atoms with Crippen LogP contribution in [0, 0.1) is 6.92 Å². The summed E-state index contributed by atoms with van der Waals surface area (Å²) in [6, 6.07) is 29.7. The van der Waals surface area contributed by atoms with Crippen LogP contribution in [0.15, 0.2) is 103 Å². The molecule has 4 aromatic carbocycles. The van der Waals surface area contributed by atoms with E-state index in [9.17, 15) is 14.4 Å². The summed E-state index contributed by atoms with van der Waals surface area (Å²) in [5, 5.41) is 0. The summed E-state index contributed by atoms with van der Waals surface area (Å²) < 4.78 is 0. The standard InChI is InChI=1S/C28H20O3/c1-19-17-18-23(26(29)20-11-5-2-6-12-20)25(28(31)22-15-9-4-10-16-22)24(19)27(30)21-13-7-3-8-14-21/h2-18H,1H3. The van der Waals surface area contributed by atoms with Crippen LogP contribution >= 0.6 is 0 Å². The van der Waals surface area contributed by atoms with Crippen molar-refractivity contribution in [3.8, 4) is 0 Å². The average Bonchev–Trinajstić information content (AvgIpc) is 2.84. The Kier molecular flexibility index (Phi) is 5.67. The minimum atomic E-state index is -0.345. The van der Waals surface area contributed by atoms with E-state index < -0.39 is 0 Å². The number of rotatable bonds is 6. The van der Waals surface area contributed by atoms with Crippen LogP contribution in [0.2, 0.25) is 0 Å². The van der Waals surface area contributed by atoms with Gasteiger partial charge in [0.05, 0.1) is 0 Å². The van der Waals surface area contributed by atoms with Crippen molar-refractivity contribution >= 4 is 17.3 Å². The molecule has 3 nitrogen and oxygen atoms in total. The molecule has 0 amide bonds. The number of carbonyl (C=O) groups excluding carboxylic acids is 3. The first-order valence-electron chi connectivity index (χ1n) is 10.0. The van der Waals surface area contributed by atoms with Crippen molar-refractivity contribution in [2.45, 2.75) is 6.92 Å². The summed E-state index contributed by atoms with van der Waals surface area (Å²) in [5.41, 5.74) is 2.65. The van der Waals surface area contributed by atoms with Gasteiger partial charge in [-0.05, 0) is 18.6 Å². The molecule has 4 rings (SSSR count). The molecule has 0 bridgehead atoms. The van der Waals surface area contributed by atoms with E-state index >= 15 is 0 Å². The molecular weight excluding hydrogens is 384 g/mol. The number of ketones is 3. The van der Waals surface area contributed by atoms with Gasteiger partial charge in [-0.3, -0.25) is 14.4 Å². The predicted molar refractivity (Wildman–Crippen MR) is 121 cm³/mol. The van der Waals surface area contributed by atoms with Gasteiger partial charge in [0.1, 0.15) is 0 Å². The number of hydrogen-bond acceptors (Lipinski definition) is 3. The zero-order valence-corrected chi connectivity index (χ0v) is 17.0. The molecule has 150 valence electrons. The summed E-state index contributed by atoms with van der Waals surface area (Å²) in [6.07, 6.45) is 0. The third-order valence-electron chi connectivity index (χ3n) is 5.22. The maximum atomic E-state index is 13.6. The largest absolute Gasteiger partial charge is 0.289 e. The van der Waals surface area contributed by atoms with Gasteiger partial charge < -0.3 is 0 Å². The lowest BCUT2D eigenvalue weighted by atomic mass is 9.84. The van der Waals surface area contributed by atoms with Gasteiger partial charge in [0.2, 0.25) is 0 Å². The number of hydrogen-bond donors (Lipinski definition) is 0. The van der Waals surface area contributed by atoms with Crippen molar-refractivity contribution in [2.24, 2.45) is 0 Å². The van der Waals surface area contributed by atoms with Crippen molar-refractivity contribution < 1.29 is 14.4 Å². The highest BCUT2D eigenvalue weighted by atomic mass is 16.1. The molecule has 0 N–H and O–H groups in total. The summed E-state index contributed by atoms with van der Waals surface area (Å²) in [7, 11) is 0. The Morgan fingerprint density at radius 2 is 0.839 bits per heavy atom. The molecular formula is C28H20O3. The van der Waals surface area contributed by atoms with Crippen LogP contribution in [-0.4, -0.2) is 17.3 Å². The van der Waals surface area contributed by atoms with E-state index in [0.29, 0.717) is 22.3 Å². The molecule has 3 heteroatoms. The van der Waals surface area contributed by atoms with Crippen molar-refractivity contribution in [1.29, 1.82) is 0 Å². The van der Waals surface area contributed by atoms with E-state index in [0.717, 1.165) is 0 Å². The highest BCUT2D eigenvalue weighted by molar-refractivity contribution is 6.25. The Balaban J connectivity index is 1.97. The lowest BCUT2D eigenvalue weighted by molar-refractivity contribution is 0.0990. The van der Waals surface area contributed by atoms with Crippen LogP contribution in [-0.2, 0) is 0 Å². The number of carbonyl (C=O) groups is 3. The second-order valence-electron chi connectivity index (χ2n) is 7.27. The van der Waals surface area contributed by atoms with Crippen LogP contribution in [0.5, 0.6) is 0 Å². The quantitative estimate of drug-likeness (QED) is 0.388. The first kappa shape index (κ1) is 20.2. The van der Waals surface area contributed by atoms with Crippen LogP contribution < -0.4 is 0 Å². The van der Waals surface area contributed by atoms with E-state index in [-0.39, 0.29) is 34.0 Å². The highest BCUT2D eigenvalue weighted by Gasteiger charge is 2.27. The van der Waals surface area contributed by atoms with Crippen LogP contribution in [0.1, 0.15) is 53.3 Å². The molecule has 31 heavy (non-hydrogen) atoms. The topological polar surface area (TPSA) is 51.2 Å². The van der Waals surface area contributed by atoms with Crippen LogP contribution in [0.3, 0.4) is 0 Å². The van der Waals surface area contributed by atoms with Crippen molar-refractivity contribution in [2.75, 3.05) is 0 Å². The zero-order valence-electron chi connectivity index (χ0n) is 17.0. The molecule has 0 saturated heterocycles. The van der Waals surface area contributed by atoms with Gasteiger partial charge in [-0.1, -0.05) is 97.1 Å².